The number of imidazole rings is 1. The molecule has 1 aromatic carbocycles. The Morgan fingerprint density at radius 2 is 2.22 bits per heavy atom. The average molecular weight is 244 g/mol. The smallest absolute Gasteiger partial charge is 0.130 e. The van der Waals surface area contributed by atoms with Crippen LogP contribution in [0.4, 0.5) is 0 Å². The summed E-state index contributed by atoms with van der Waals surface area (Å²) in [5.41, 5.74) is 2.07. The molecule has 1 heterocycles. The van der Waals surface area contributed by atoms with E-state index in [0.717, 1.165) is 11.3 Å². The second kappa shape index (κ2) is 4.37. The number of benzene rings is 1. The van der Waals surface area contributed by atoms with E-state index in [0.29, 0.717) is 18.4 Å². The van der Waals surface area contributed by atoms with Crippen molar-refractivity contribution in [3.05, 3.63) is 42.0 Å². The second-order valence-corrected chi connectivity index (χ2v) is 4.82. The third-order valence-electron chi connectivity index (χ3n) is 3.11. The first kappa shape index (κ1) is 11.1. The van der Waals surface area contributed by atoms with Gasteiger partial charge in [-0.25, -0.2) is 4.98 Å². The maximum atomic E-state index is 9.51. The molecule has 0 bridgehead atoms. The van der Waals surface area contributed by atoms with Crippen LogP contribution in [0.25, 0.3) is 0 Å². The molecule has 1 fully saturated rings. The molecule has 0 unspecified atom stereocenters. The Hall–Kier alpha value is -1.97. The summed E-state index contributed by atoms with van der Waals surface area (Å²) in [4.78, 5) is 4.16. The van der Waals surface area contributed by atoms with Crippen molar-refractivity contribution in [2.45, 2.75) is 32.4 Å². The van der Waals surface area contributed by atoms with Crippen molar-refractivity contribution >= 4 is 0 Å². The van der Waals surface area contributed by atoms with Gasteiger partial charge in [0.25, 0.3) is 0 Å². The van der Waals surface area contributed by atoms with Crippen LogP contribution >= 0.6 is 0 Å². The lowest BCUT2D eigenvalue weighted by atomic mass is 10.2. The Labute approximate surface area is 106 Å². The van der Waals surface area contributed by atoms with E-state index in [9.17, 15) is 5.11 Å². The van der Waals surface area contributed by atoms with Gasteiger partial charge in [-0.3, -0.25) is 0 Å². The summed E-state index contributed by atoms with van der Waals surface area (Å²) in [6.07, 6.45) is 6.17. The lowest BCUT2D eigenvalue weighted by Crippen LogP contribution is -2.03. The molecule has 1 saturated carbocycles. The van der Waals surface area contributed by atoms with Gasteiger partial charge in [-0.1, -0.05) is 0 Å². The number of phenolic OH excluding ortho intramolecular Hbond substituents is 1. The van der Waals surface area contributed by atoms with E-state index in [1.165, 1.54) is 12.8 Å². The molecule has 18 heavy (non-hydrogen) atoms. The molecule has 0 amide bonds. The quantitative estimate of drug-likeness (QED) is 0.899. The van der Waals surface area contributed by atoms with Gasteiger partial charge in [-0.05, 0) is 37.5 Å². The van der Waals surface area contributed by atoms with Crippen LogP contribution in [0.1, 0.15) is 30.1 Å². The van der Waals surface area contributed by atoms with Crippen molar-refractivity contribution in [3.63, 3.8) is 0 Å². The van der Waals surface area contributed by atoms with Gasteiger partial charge >= 0.3 is 0 Å². The molecule has 0 spiro atoms. The van der Waals surface area contributed by atoms with E-state index in [4.69, 9.17) is 4.74 Å². The molecule has 1 aliphatic rings. The number of ether oxygens (including phenoxy) is 1. The van der Waals surface area contributed by atoms with Gasteiger partial charge in [0.15, 0.2) is 0 Å². The Morgan fingerprint density at radius 1 is 1.39 bits per heavy atom. The number of aromatic hydroxyl groups is 1. The van der Waals surface area contributed by atoms with Crippen LogP contribution in [0.3, 0.4) is 0 Å². The van der Waals surface area contributed by atoms with Crippen molar-refractivity contribution < 1.29 is 9.84 Å². The van der Waals surface area contributed by atoms with Gasteiger partial charge in [0, 0.05) is 12.1 Å². The van der Waals surface area contributed by atoms with Gasteiger partial charge < -0.3 is 14.4 Å². The fourth-order valence-electron chi connectivity index (χ4n) is 2.09. The topological polar surface area (TPSA) is 47.3 Å². The zero-order valence-electron chi connectivity index (χ0n) is 10.3. The second-order valence-electron chi connectivity index (χ2n) is 4.82. The van der Waals surface area contributed by atoms with E-state index >= 15 is 0 Å². The first-order valence-electron chi connectivity index (χ1n) is 6.16. The first-order valence-corrected chi connectivity index (χ1v) is 6.16. The monoisotopic (exact) mass is 244 g/mol. The minimum absolute atomic E-state index is 0.237. The normalized spacial score (nSPS) is 14.7. The number of rotatable bonds is 4. The molecule has 4 heteroatoms. The minimum atomic E-state index is 0.237. The molecule has 1 aromatic heterocycles. The van der Waals surface area contributed by atoms with Crippen molar-refractivity contribution in [2.24, 2.45) is 0 Å². The van der Waals surface area contributed by atoms with E-state index in [2.05, 4.69) is 9.55 Å². The Balaban J connectivity index is 1.71. The molecule has 2 aromatic rings. The molecule has 4 nitrogen and oxygen atoms in total. The minimum Gasteiger partial charge on any atom is -0.508 e. The zero-order chi connectivity index (χ0) is 12.5. The third-order valence-corrected chi connectivity index (χ3v) is 3.11. The summed E-state index contributed by atoms with van der Waals surface area (Å²) in [7, 11) is 0. The van der Waals surface area contributed by atoms with Gasteiger partial charge in [0.05, 0.1) is 18.2 Å². The summed E-state index contributed by atoms with van der Waals surface area (Å²) in [6, 6.07) is 5.86. The molecule has 0 aliphatic heterocycles. The summed E-state index contributed by atoms with van der Waals surface area (Å²) in [5.74, 6) is 0.928. The highest BCUT2D eigenvalue weighted by molar-refractivity contribution is 5.36. The first-order chi connectivity index (χ1) is 8.72. The SMILES string of the molecule is Cc1cc(O)cc(OCc2cncn2C2CC2)c1. The van der Waals surface area contributed by atoms with Crippen LogP contribution in [0.5, 0.6) is 11.5 Å². The molecular weight excluding hydrogens is 228 g/mol. The summed E-state index contributed by atoms with van der Waals surface area (Å²) in [5, 5.41) is 9.51. The van der Waals surface area contributed by atoms with Crippen LogP contribution in [-0.2, 0) is 6.61 Å². The van der Waals surface area contributed by atoms with E-state index in [1.807, 2.05) is 25.5 Å². The predicted molar refractivity (Wildman–Crippen MR) is 67.7 cm³/mol. The Kier molecular flexibility index (Phi) is 2.70. The fourth-order valence-corrected chi connectivity index (χ4v) is 2.09. The highest BCUT2D eigenvalue weighted by atomic mass is 16.5. The third kappa shape index (κ3) is 2.32. The van der Waals surface area contributed by atoms with Crippen LogP contribution in [0.15, 0.2) is 30.7 Å². The number of nitrogens with zero attached hydrogens (tertiary/aromatic N) is 2. The van der Waals surface area contributed by atoms with Crippen molar-refractivity contribution in [1.29, 1.82) is 0 Å². The van der Waals surface area contributed by atoms with Gasteiger partial charge in [0.1, 0.15) is 18.1 Å². The predicted octanol–water partition coefficient (Wildman–Crippen LogP) is 2.81. The number of hydrogen-bond donors (Lipinski definition) is 1. The van der Waals surface area contributed by atoms with Crippen molar-refractivity contribution in [3.8, 4) is 11.5 Å². The van der Waals surface area contributed by atoms with E-state index in [1.54, 1.807) is 12.1 Å². The maximum Gasteiger partial charge on any atom is 0.130 e. The van der Waals surface area contributed by atoms with E-state index < -0.39 is 0 Å². The molecule has 1 aliphatic carbocycles. The number of aryl methyl sites for hydroxylation is 1. The molecular formula is C14H16N2O2. The lowest BCUT2D eigenvalue weighted by Gasteiger charge is -2.09. The average Bonchev–Trinajstić information content (AvgIpc) is 3.05. The molecule has 1 N–H and O–H groups in total. The van der Waals surface area contributed by atoms with Crippen LogP contribution < -0.4 is 4.74 Å². The Bertz CT molecular complexity index is 538. The number of phenols is 1. The van der Waals surface area contributed by atoms with Crippen molar-refractivity contribution in [1.82, 2.24) is 9.55 Å². The number of hydrogen-bond acceptors (Lipinski definition) is 3. The fraction of sp³-hybridized carbons (Fsp3) is 0.357. The van der Waals surface area contributed by atoms with Crippen LogP contribution in [0, 0.1) is 6.92 Å². The summed E-state index contributed by atoms with van der Waals surface area (Å²) < 4.78 is 7.89. The molecule has 0 saturated heterocycles. The summed E-state index contributed by atoms with van der Waals surface area (Å²) >= 11 is 0. The highest BCUT2D eigenvalue weighted by Gasteiger charge is 2.25. The zero-order valence-corrected chi connectivity index (χ0v) is 10.3. The molecule has 3 rings (SSSR count). The molecule has 94 valence electrons. The van der Waals surface area contributed by atoms with E-state index in [-0.39, 0.29) is 5.75 Å². The standard InChI is InChI=1S/C14H16N2O2/c1-10-4-13(17)6-14(5-10)18-8-12-7-15-9-16(12)11-2-3-11/h4-7,9,11,17H,2-3,8H2,1H3. The largest absolute Gasteiger partial charge is 0.508 e. The molecule has 0 radical (unpaired) electrons. The van der Waals surface area contributed by atoms with Gasteiger partial charge in [-0.15, -0.1) is 0 Å². The highest BCUT2D eigenvalue weighted by Crippen LogP contribution is 2.35. The Morgan fingerprint density at radius 3 is 2.94 bits per heavy atom. The van der Waals surface area contributed by atoms with Crippen molar-refractivity contribution in [2.75, 3.05) is 0 Å². The maximum absolute atomic E-state index is 9.51. The van der Waals surface area contributed by atoms with Crippen LogP contribution in [0.2, 0.25) is 0 Å². The van der Waals surface area contributed by atoms with Gasteiger partial charge in [-0.2, -0.15) is 0 Å². The van der Waals surface area contributed by atoms with Gasteiger partial charge in [0.2, 0.25) is 0 Å². The lowest BCUT2D eigenvalue weighted by molar-refractivity contribution is 0.293. The summed E-state index contributed by atoms with van der Waals surface area (Å²) in [6.45, 7) is 2.42. The van der Waals surface area contributed by atoms with Crippen LogP contribution in [-0.4, -0.2) is 14.7 Å². The number of aromatic nitrogens is 2. The molecule has 0 atom stereocenters.